The van der Waals surface area contributed by atoms with Crippen molar-refractivity contribution in [1.29, 1.82) is 0 Å². The Bertz CT molecular complexity index is 854. The van der Waals surface area contributed by atoms with E-state index in [1.165, 1.54) is 18.5 Å². The zero-order valence-corrected chi connectivity index (χ0v) is 13.4. The summed E-state index contributed by atoms with van der Waals surface area (Å²) < 4.78 is 18.6. The van der Waals surface area contributed by atoms with E-state index in [1.54, 1.807) is 25.3 Å². The first-order chi connectivity index (χ1) is 11.6. The third-order valence-electron chi connectivity index (χ3n) is 3.38. The largest absolute Gasteiger partial charge is 0.495 e. The minimum atomic E-state index is -0.308. The molecule has 5 nitrogen and oxygen atoms in total. The molecule has 1 heterocycles. The van der Waals surface area contributed by atoms with Gasteiger partial charge in [0.15, 0.2) is 0 Å². The van der Waals surface area contributed by atoms with Gasteiger partial charge in [-0.25, -0.2) is 14.4 Å². The van der Waals surface area contributed by atoms with Gasteiger partial charge in [-0.05, 0) is 42.8 Å². The van der Waals surface area contributed by atoms with Crippen molar-refractivity contribution in [2.24, 2.45) is 0 Å². The summed E-state index contributed by atoms with van der Waals surface area (Å²) in [5.41, 5.74) is 2.53. The van der Waals surface area contributed by atoms with E-state index < -0.39 is 0 Å². The summed E-state index contributed by atoms with van der Waals surface area (Å²) in [7, 11) is 1.62. The number of hydrogen-bond donors (Lipinski definition) is 2. The van der Waals surface area contributed by atoms with Crippen LogP contribution in [0.4, 0.5) is 27.4 Å². The molecule has 0 spiro atoms. The Morgan fingerprint density at radius 1 is 0.958 bits per heavy atom. The van der Waals surface area contributed by atoms with Gasteiger partial charge in [0, 0.05) is 11.8 Å². The number of aryl methyl sites for hydroxylation is 1. The zero-order chi connectivity index (χ0) is 16.9. The van der Waals surface area contributed by atoms with Gasteiger partial charge in [0.1, 0.15) is 29.5 Å². The predicted molar refractivity (Wildman–Crippen MR) is 92.7 cm³/mol. The molecule has 3 aromatic rings. The fourth-order valence-electron chi connectivity index (χ4n) is 2.27. The summed E-state index contributed by atoms with van der Waals surface area (Å²) in [6.07, 6.45) is 1.44. The van der Waals surface area contributed by atoms with Crippen LogP contribution in [0.5, 0.6) is 5.75 Å². The molecular weight excluding hydrogens is 307 g/mol. The van der Waals surface area contributed by atoms with E-state index in [4.69, 9.17) is 4.74 Å². The van der Waals surface area contributed by atoms with Crippen molar-refractivity contribution in [2.45, 2.75) is 6.92 Å². The summed E-state index contributed by atoms with van der Waals surface area (Å²) in [5, 5.41) is 6.26. The highest BCUT2D eigenvalue weighted by Gasteiger charge is 2.06. The number of aromatic nitrogens is 2. The first-order valence-corrected chi connectivity index (χ1v) is 7.40. The van der Waals surface area contributed by atoms with E-state index in [0.717, 1.165) is 17.0 Å². The number of nitrogens with zero attached hydrogens (tertiary/aromatic N) is 2. The Morgan fingerprint density at radius 3 is 2.50 bits per heavy atom. The molecule has 2 aromatic carbocycles. The Kier molecular flexibility index (Phi) is 4.56. The van der Waals surface area contributed by atoms with Crippen LogP contribution in [-0.4, -0.2) is 17.1 Å². The lowest BCUT2D eigenvalue weighted by Gasteiger charge is -2.12. The zero-order valence-electron chi connectivity index (χ0n) is 13.4. The molecule has 2 N–H and O–H groups in total. The van der Waals surface area contributed by atoms with E-state index in [1.807, 2.05) is 25.1 Å². The quantitative estimate of drug-likeness (QED) is 0.727. The SMILES string of the molecule is COc1ccc(C)cc1Nc1cc(Nc2cccc(F)c2)ncn1. The Balaban J connectivity index is 1.82. The number of rotatable bonds is 5. The van der Waals surface area contributed by atoms with Crippen molar-refractivity contribution < 1.29 is 9.13 Å². The van der Waals surface area contributed by atoms with Crippen LogP contribution in [0.3, 0.4) is 0 Å². The van der Waals surface area contributed by atoms with Crippen molar-refractivity contribution in [3.8, 4) is 5.75 Å². The fourth-order valence-corrected chi connectivity index (χ4v) is 2.27. The van der Waals surface area contributed by atoms with Gasteiger partial charge in [0.2, 0.25) is 0 Å². The molecule has 0 amide bonds. The van der Waals surface area contributed by atoms with Gasteiger partial charge < -0.3 is 15.4 Å². The highest BCUT2D eigenvalue weighted by atomic mass is 19.1. The van der Waals surface area contributed by atoms with Crippen molar-refractivity contribution >= 4 is 23.0 Å². The smallest absolute Gasteiger partial charge is 0.142 e. The van der Waals surface area contributed by atoms with E-state index in [2.05, 4.69) is 20.6 Å². The minimum Gasteiger partial charge on any atom is -0.495 e. The van der Waals surface area contributed by atoms with Crippen LogP contribution in [0.15, 0.2) is 54.9 Å². The van der Waals surface area contributed by atoms with E-state index in [-0.39, 0.29) is 5.82 Å². The van der Waals surface area contributed by atoms with Gasteiger partial charge in [-0.1, -0.05) is 12.1 Å². The third kappa shape index (κ3) is 3.78. The summed E-state index contributed by atoms with van der Waals surface area (Å²) >= 11 is 0. The Morgan fingerprint density at radius 2 is 1.75 bits per heavy atom. The molecule has 3 rings (SSSR count). The molecule has 0 aliphatic rings. The Hall–Kier alpha value is -3.15. The van der Waals surface area contributed by atoms with Crippen LogP contribution in [-0.2, 0) is 0 Å². The summed E-state index contributed by atoms with van der Waals surface area (Å²) in [5.74, 6) is 1.58. The number of halogens is 1. The minimum absolute atomic E-state index is 0.308. The van der Waals surface area contributed by atoms with E-state index in [9.17, 15) is 4.39 Å². The highest BCUT2D eigenvalue weighted by Crippen LogP contribution is 2.28. The lowest BCUT2D eigenvalue weighted by molar-refractivity contribution is 0.416. The van der Waals surface area contributed by atoms with Gasteiger partial charge >= 0.3 is 0 Å². The van der Waals surface area contributed by atoms with Crippen LogP contribution in [0.1, 0.15) is 5.56 Å². The molecule has 0 saturated carbocycles. The average molecular weight is 324 g/mol. The second-order valence-electron chi connectivity index (χ2n) is 5.25. The van der Waals surface area contributed by atoms with E-state index in [0.29, 0.717) is 17.3 Å². The molecule has 0 bridgehead atoms. The first kappa shape index (κ1) is 15.7. The molecule has 0 saturated heterocycles. The second kappa shape index (κ2) is 6.95. The van der Waals surface area contributed by atoms with Gasteiger partial charge in [0.25, 0.3) is 0 Å². The molecule has 0 aliphatic carbocycles. The molecule has 1 aromatic heterocycles. The first-order valence-electron chi connectivity index (χ1n) is 7.40. The molecule has 6 heteroatoms. The van der Waals surface area contributed by atoms with Gasteiger partial charge in [-0.2, -0.15) is 0 Å². The van der Waals surface area contributed by atoms with Crippen molar-refractivity contribution in [2.75, 3.05) is 17.7 Å². The third-order valence-corrected chi connectivity index (χ3v) is 3.38. The van der Waals surface area contributed by atoms with Crippen LogP contribution in [0, 0.1) is 12.7 Å². The number of benzene rings is 2. The molecule has 0 atom stereocenters. The van der Waals surface area contributed by atoms with Crippen LogP contribution >= 0.6 is 0 Å². The maximum absolute atomic E-state index is 13.3. The lowest BCUT2D eigenvalue weighted by Crippen LogP contribution is -2.00. The fraction of sp³-hybridized carbons (Fsp3) is 0.111. The Labute approximate surface area is 139 Å². The van der Waals surface area contributed by atoms with Gasteiger partial charge in [0.05, 0.1) is 12.8 Å². The standard InChI is InChI=1S/C18H17FN4O/c1-12-6-7-16(24-2)15(8-12)23-18-10-17(20-11-21-18)22-14-5-3-4-13(19)9-14/h3-11H,1-2H3,(H2,20,21,22,23). The molecule has 0 radical (unpaired) electrons. The van der Waals surface area contributed by atoms with Crippen molar-refractivity contribution in [3.63, 3.8) is 0 Å². The second-order valence-corrected chi connectivity index (χ2v) is 5.25. The topological polar surface area (TPSA) is 59.1 Å². The number of hydrogen-bond acceptors (Lipinski definition) is 5. The summed E-state index contributed by atoms with van der Waals surface area (Å²) in [6, 6.07) is 13.8. The predicted octanol–water partition coefficient (Wildman–Crippen LogP) is 4.42. The highest BCUT2D eigenvalue weighted by molar-refractivity contribution is 5.67. The van der Waals surface area contributed by atoms with Gasteiger partial charge in [-0.3, -0.25) is 0 Å². The summed E-state index contributed by atoms with van der Waals surface area (Å²) in [6.45, 7) is 2.00. The molecule has 24 heavy (non-hydrogen) atoms. The molecular formula is C18H17FN4O. The number of ether oxygens (including phenoxy) is 1. The van der Waals surface area contributed by atoms with E-state index >= 15 is 0 Å². The number of anilines is 4. The molecule has 0 unspecified atom stereocenters. The maximum atomic E-state index is 13.3. The number of methoxy groups -OCH3 is 1. The number of nitrogens with one attached hydrogen (secondary N) is 2. The lowest BCUT2D eigenvalue weighted by atomic mass is 10.2. The maximum Gasteiger partial charge on any atom is 0.142 e. The van der Waals surface area contributed by atoms with Gasteiger partial charge in [-0.15, -0.1) is 0 Å². The molecule has 0 aliphatic heterocycles. The summed E-state index contributed by atoms with van der Waals surface area (Å²) in [4.78, 5) is 8.36. The monoisotopic (exact) mass is 324 g/mol. The van der Waals surface area contributed by atoms with Crippen LogP contribution < -0.4 is 15.4 Å². The normalized spacial score (nSPS) is 10.3. The molecule has 0 fully saturated rings. The average Bonchev–Trinajstić information content (AvgIpc) is 2.55. The van der Waals surface area contributed by atoms with Crippen LogP contribution in [0.2, 0.25) is 0 Å². The molecule has 122 valence electrons. The van der Waals surface area contributed by atoms with Crippen molar-refractivity contribution in [1.82, 2.24) is 9.97 Å². The van der Waals surface area contributed by atoms with Crippen molar-refractivity contribution in [3.05, 3.63) is 66.2 Å². The van der Waals surface area contributed by atoms with Crippen LogP contribution in [0.25, 0.3) is 0 Å².